The van der Waals surface area contributed by atoms with Crippen LogP contribution in [0.3, 0.4) is 0 Å². The van der Waals surface area contributed by atoms with Gasteiger partial charge in [0.15, 0.2) is 0 Å². The maximum Gasteiger partial charge on any atom is 0.443 e. The van der Waals surface area contributed by atoms with E-state index in [0.717, 1.165) is 10.6 Å². The predicted octanol–water partition coefficient (Wildman–Crippen LogP) is 3.21. The van der Waals surface area contributed by atoms with Crippen LogP contribution in [0.25, 0.3) is 0 Å². The van der Waals surface area contributed by atoms with Crippen LogP contribution in [-0.2, 0) is 20.8 Å². The maximum absolute atomic E-state index is 11.9. The van der Waals surface area contributed by atoms with Crippen molar-refractivity contribution in [1.82, 2.24) is 5.06 Å². The molecule has 0 N–H and O–H groups in total. The highest BCUT2D eigenvalue weighted by Gasteiger charge is 2.38. The second kappa shape index (κ2) is 5.93. The lowest BCUT2D eigenvalue weighted by Gasteiger charge is -2.22. The van der Waals surface area contributed by atoms with E-state index in [4.69, 9.17) is 21.2 Å². The Balaban J connectivity index is 1.98. The summed E-state index contributed by atoms with van der Waals surface area (Å²) in [6.07, 6.45) is -0.178. The number of carbonyl (C=O) groups excluding carboxylic acids is 2. The van der Waals surface area contributed by atoms with E-state index in [0.29, 0.717) is 11.4 Å². The van der Waals surface area contributed by atoms with Gasteiger partial charge in [0, 0.05) is 5.02 Å². The fourth-order valence-corrected chi connectivity index (χ4v) is 2.23. The van der Waals surface area contributed by atoms with Crippen molar-refractivity contribution in [3.8, 4) is 0 Å². The van der Waals surface area contributed by atoms with Gasteiger partial charge in [-0.2, -0.15) is 0 Å². The first kappa shape index (κ1) is 15.6. The summed E-state index contributed by atoms with van der Waals surface area (Å²) in [5.74, 6) is -0.836. The normalized spacial score (nSPS) is 18.6. The Labute approximate surface area is 128 Å². The van der Waals surface area contributed by atoms with E-state index >= 15 is 0 Å². The minimum atomic E-state index is -0.649. The van der Waals surface area contributed by atoms with Crippen molar-refractivity contribution in [3.63, 3.8) is 0 Å². The number of benzene rings is 1. The second-order valence-corrected chi connectivity index (χ2v) is 6.42. The largest absolute Gasteiger partial charge is 0.443 e. The lowest BCUT2D eigenvalue weighted by atomic mass is 10.0. The van der Waals surface area contributed by atoms with Crippen molar-refractivity contribution < 1.29 is 19.2 Å². The van der Waals surface area contributed by atoms with Gasteiger partial charge in [-0.25, -0.2) is 9.59 Å². The minimum Gasteiger partial charge on any atom is -0.442 e. The van der Waals surface area contributed by atoms with E-state index in [2.05, 4.69) is 0 Å². The number of ether oxygens (including phenoxy) is 1. The van der Waals surface area contributed by atoms with Gasteiger partial charge in [0.25, 0.3) is 0 Å². The summed E-state index contributed by atoms with van der Waals surface area (Å²) in [7, 11) is 0. The molecule has 114 valence electrons. The van der Waals surface area contributed by atoms with Gasteiger partial charge in [0.1, 0.15) is 5.60 Å². The smallest absolute Gasteiger partial charge is 0.442 e. The first-order valence-corrected chi connectivity index (χ1v) is 7.09. The molecule has 1 aliphatic heterocycles. The van der Waals surface area contributed by atoms with Crippen LogP contribution in [0.15, 0.2) is 24.3 Å². The van der Waals surface area contributed by atoms with Gasteiger partial charge in [-0.15, -0.1) is 5.06 Å². The molecule has 0 aliphatic carbocycles. The molecule has 1 aromatic carbocycles. The molecule has 5 nitrogen and oxygen atoms in total. The average molecular weight is 312 g/mol. The number of hydrogen-bond acceptors (Lipinski definition) is 4. The number of hydrogen-bond donors (Lipinski definition) is 0. The molecule has 1 aromatic rings. The number of rotatable bonds is 2. The van der Waals surface area contributed by atoms with Crippen LogP contribution < -0.4 is 0 Å². The highest BCUT2D eigenvalue weighted by Crippen LogP contribution is 2.22. The molecule has 0 spiro atoms. The molecule has 0 radical (unpaired) electrons. The van der Waals surface area contributed by atoms with Crippen molar-refractivity contribution in [2.24, 2.45) is 5.92 Å². The zero-order valence-corrected chi connectivity index (χ0v) is 13.0. The first-order valence-electron chi connectivity index (χ1n) is 6.71. The molecule has 21 heavy (non-hydrogen) atoms. The van der Waals surface area contributed by atoms with Crippen molar-refractivity contribution in [3.05, 3.63) is 34.9 Å². The Kier molecular flexibility index (Phi) is 4.42. The van der Waals surface area contributed by atoms with Crippen LogP contribution in [0, 0.1) is 5.92 Å². The van der Waals surface area contributed by atoms with Crippen molar-refractivity contribution in [2.45, 2.75) is 32.8 Å². The fourth-order valence-electron chi connectivity index (χ4n) is 2.02. The molecule has 0 aromatic heterocycles. The number of carbonyl (C=O) groups is 2. The average Bonchev–Trinajstić information content (AvgIpc) is 2.69. The van der Waals surface area contributed by atoms with Crippen LogP contribution in [0.2, 0.25) is 5.02 Å². The number of nitrogens with zero attached hydrogens (tertiary/aromatic N) is 1. The fraction of sp³-hybridized carbons (Fsp3) is 0.467. The van der Waals surface area contributed by atoms with Crippen LogP contribution >= 0.6 is 11.6 Å². The molecule has 2 rings (SSSR count). The molecule has 1 heterocycles. The zero-order chi connectivity index (χ0) is 15.6. The Morgan fingerprint density at radius 3 is 2.81 bits per heavy atom. The van der Waals surface area contributed by atoms with E-state index in [9.17, 15) is 9.59 Å². The molecule has 1 fully saturated rings. The second-order valence-electron chi connectivity index (χ2n) is 5.98. The zero-order valence-electron chi connectivity index (χ0n) is 12.3. The lowest BCUT2D eigenvalue weighted by Crippen LogP contribution is -2.34. The van der Waals surface area contributed by atoms with E-state index in [1.54, 1.807) is 32.9 Å². The maximum atomic E-state index is 11.9. The Bertz CT molecular complexity index is 553. The van der Waals surface area contributed by atoms with E-state index in [1.165, 1.54) is 0 Å². The van der Waals surface area contributed by atoms with Gasteiger partial charge < -0.3 is 9.57 Å². The molecular formula is C15H18ClNO4. The summed E-state index contributed by atoms with van der Waals surface area (Å²) in [4.78, 5) is 28.7. The van der Waals surface area contributed by atoms with Gasteiger partial charge in [-0.1, -0.05) is 23.7 Å². The predicted molar refractivity (Wildman–Crippen MR) is 77.7 cm³/mol. The number of hydroxylamine groups is 2. The molecule has 0 unspecified atom stereocenters. The van der Waals surface area contributed by atoms with Crippen molar-refractivity contribution in [1.29, 1.82) is 0 Å². The van der Waals surface area contributed by atoms with Crippen molar-refractivity contribution >= 4 is 23.7 Å². The Morgan fingerprint density at radius 1 is 1.48 bits per heavy atom. The summed E-state index contributed by atoms with van der Waals surface area (Å²) in [6, 6.07) is 7.27. The monoisotopic (exact) mass is 311 g/mol. The highest BCUT2D eigenvalue weighted by atomic mass is 35.5. The Morgan fingerprint density at radius 2 is 2.19 bits per heavy atom. The molecule has 1 saturated heterocycles. The Hall–Kier alpha value is -1.75. The van der Waals surface area contributed by atoms with Crippen molar-refractivity contribution in [2.75, 3.05) is 6.54 Å². The molecule has 1 amide bonds. The lowest BCUT2D eigenvalue weighted by molar-refractivity contribution is -0.167. The number of halogens is 1. The van der Waals surface area contributed by atoms with Crippen LogP contribution in [0.5, 0.6) is 0 Å². The molecule has 1 aliphatic rings. The summed E-state index contributed by atoms with van der Waals surface area (Å²) in [6.45, 7) is 5.45. The van der Waals surface area contributed by atoms with Gasteiger partial charge in [-0.05, 0) is 44.9 Å². The third kappa shape index (κ3) is 4.36. The van der Waals surface area contributed by atoms with E-state index in [1.807, 2.05) is 12.1 Å². The molecule has 1 atom stereocenters. The van der Waals surface area contributed by atoms with Gasteiger partial charge in [0.05, 0.1) is 12.5 Å². The first-order chi connectivity index (χ1) is 9.74. The molecular weight excluding hydrogens is 294 g/mol. The van der Waals surface area contributed by atoms with E-state index in [-0.39, 0.29) is 6.54 Å². The topological polar surface area (TPSA) is 55.8 Å². The van der Waals surface area contributed by atoms with Crippen LogP contribution in [0.4, 0.5) is 4.79 Å². The third-order valence-corrected chi connectivity index (χ3v) is 3.12. The minimum absolute atomic E-state index is 0.181. The summed E-state index contributed by atoms with van der Waals surface area (Å²) in [5.41, 5.74) is 0.296. The molecule has 6 heteroatoms. The van der Waals surface area contributed by atoms with Gasteiger partial charge in [-0.3, -0.25) is 0 Å². The highest BCUT2D eigenvalue weighted by molar-refractivity contribution is 6.30. The van der Waals surface area contributed by atoms with Gasteiger partial charge in [0.2, 0.25) is 0 Å². The third-order valence-electron chi connectivity index (χ3n) is 2.89. The van der Waals surface area contributed by atoms with E-state index < -0.39 is 23.6 Å². The van der Waals surface area contributed by atoms with Crippen LogP contribution in [-0.4, -0.2) is 29.3 Å². The number of amides is 1. The summed E-state index contributed by atoms with van der Waals surface area (Å²) in [5, 5.41) is 1.59. The SMILES string of the molecule is CC(C)(C)OC(=O)N1C[C@@H](Cc2cccc(Cl)c2)C(=O)O1. The van der Waals surface area contributed by atoms with Crippen LogP contribution in [0.1, 0.15) is 26.3 Å². The summed E-state index contributed by atoms with van der Waals surface area (Å²) >= 11 is 5.92. The molecule has 0 bridgehead atoms. The summed E-state index contributed by atoms with van der Waals surface area (Å²) < 4.78 is 5.18. The quantitative estimate of drug-likeness (QED) is 0.841. The molecule has 0 saturated carbocycles. The van der Waals surface area contributed by atoms with Gasteiger partial charge >= 0.3 is 12.1 Å². The standard InChI is InChI=1S/C15H18ClNO4/c1-15(2,3)20-14(19)17-9-11(13(18)21-17)7-10-5-4-6-12(16)8-10/h4-6,8,11H,7,9H2,1-3H3/t11-/m1/s1.